The van der Waals surface area contributed by atoms with Crippen molar-refractivity contribution in [1.82, 2.24) is 15.1 Å². The van der Waals surface area contributed by atoms with Crippen molar-refractivity contribution in [2.75, 3.05) is 6.61 Å². The van der Waals surface area contributed by atoms with E-state index in [1.54, 1.807) is 4.68 Å². The summed E-state index contributed by atoms with van der Waals surface area (Å²) in [5.41, 5.74) is 2.16. The van der Waals surface area contributed by atoms with Gasteiger partial charge in [0.1, 0.15) is 0 Å². The minimum Gasteiger partial charge on any atom is -0.394 e. The van der Waals surface area contributed by atoms with Gasteiger partial charge in [-0.1, -0.05) is 6.92 Å². The molecule has 90 valence electrons. The second-order valence-electron chi connectivity index (χ2n) is 3.93. The average Bonchev–Trinajstić information content (AvgIpc) is 2.49. The first-order valence-corrected chi connectivity index (χ1v) is 5.43. The molecule has 0 saturated heterocycles. The summed E-state index contributed by atoms with van der Waals surface area (Å²) in [5, 5.41) is 16.0. The second kappa shape index (κ2) is 5.12. The highest BCUT2D eigenvalue weighted by molar-refractivity contribution is 5.96. The van der Waals surface area contributed by atoms with Crippen LogP contribution in [0.2, 0.25) is 0 Å². The van der Waals surface area contributed by atoms with E-state index in [9.17, 15) is 4.79 Å². The topological polar surface area (TPSA) is 67.2 Å². The zero-order valence-corrected chi connectivity index (χ0v) is 10.2. The van der Waals surface area contributed by atoms with E-state index >= 15 is 0 Å². The molecule has 0 aliphatic heterocycles. The van der Waals surface area contributed by atoms with Crippen molar-refractivity contribution >= 4 is 5.91 Å². The Balaban J connectivity index is 2.88. The van der Waals surface area contributed by atoms with Crippen LogP contribution in [0.1, 0.15) is 35.1 Å². The second-order valence-corrected chi connectivity index (χ2v) is 3.93. The third kappa shape index (κ3) is 2.41. The van der Waals surface area contributed by atoms with Crippen LogP contribution in [-0.4, -0.2) is 33.4 Å². The van der Waals surface area contributed by atoms with Crippen LogP contribution in [0.3, 0.4) is 0 Å². The number of nitrogens with one attached hydrogen (secondary N) is 1. The molecule has 0 radical (unpaired) electrons. The van der Waals surface area contributed by atoms with Crippen molar-refractivity contribution in [1.29, 1.82) is 0 Å². The van der Waals surface area contributed by atoms with Gasteiger partial charge < -0.3 is 10.4 Å². The van der Waals surface area contributed by atoms with E-state index in [-0.39, 0.29) is 18.6 Å². The van der Waals surface area contributed by atoms with Gasteiger partial charge in [-0.25, -0.2) is 0 Å². The molecule has 1 amide bonds. The summed E-state index contributed by atoms with van der Waals surface area (Å²) in [5.74, 6) is -0.163. The van der Waals surface area contributed by atoms with Crippen LogP contribution < -0.4 is 5.32 Å². The number of carbonyl (C=O) groups is 1. The van der Waals surface area contributed by atoms with E-state index in [0.717, 1.165) is 5.69 Å². The Morgan fingerprint density at radius 1 is 1.56 bits per heavy atom. The quantitative estimate of drug-likeness (QED) is 0.785. The molecular formula is C11H19N3O2. The molecule has 1 aromatic heterocycles. The lowest BCUT2D eigenvalue weighted by molar-refractivity contribution is 0.0913. The molecule has 1 rings (SSSR count). The van der Waals surface area contributed by atoms with Gasteiger partial charge in [0.2, 0.25) is 0 Å². The summed E-state index contributed by atoms with van der Waals surface area (Å²) < 4.78 is 1.68. The molecule has 1 aromatic rings. The van der Waals surface area contributed by atoms with Crippen molar-refractivity contribution in [2.24, 2.45) is 7.05 Å². The molecule has 1 unspecified atom stereocenters. The molecule has 2 N–H and O–H groups in total. The number of aliphatic hydroxyl groups is 1. The van der Waals surface area contributed by atoms with Crippen LogP contribution in [0.4, 0.5) is 0 Å². The Kier molecular flexibility index (Phi) is 4.06. The number of nitrogens with zero attached hydrogens (tertiary/aromatic N) is 2. The Morgan fingerprint density at radius 2 is 2.19 bits per heavy atom. The number of carbonyl (C=O) groups excluding carboxylic acids is 1. The van der Waals surface area contributed by atoms with E-state index in [2.05, 4.69) is 10.4 Å². The molecule has 0 aromatic carbocycles. The van der Waals surface area contributed by atoms with Crippen LogP contribution in [0.5, 0.6) is 0 Å². The normalized spacial score (nSPS) is 12.6. The molecule has 5 nitrogen and oxygen atoms in total. The molecule has 16 heavy (non-hydrogen) atoms. The summed E-state index contributed by atoms with van der Waals surface area (Å²) in [7, 11) is 1.81. The molecule has 0 bridgehead atoms. The van der Waals surface area contributed by atoms with Crippen molar-refractivity contribution in [3.05, 3.63) is 17.0 Å². The predicted octanol–water partition coefficient (Wildman–Crippen LogP) is 0.538. The van der Waals surface area contributed by atoms with Gasteiger partial charge >= 0.3 is 0 Å². The number of aryl methyl sites for hydroxylation is 2. The fourth-order valence-electron chi connectivity index (χ4n) is 1.64. The number of aliphatic hydroxyl groups excluding tert-OH is 1. The predicted molar refractivity (Wildman–Crippen MR) is 61.3 cm³/mol. The average molecular weight is 225 g/mol. The highest BCUT2D eigenvalue weighted by Gasteiger charge is 2.19. The number of rotatable bonds is 4. The first-order chi connectivity index (χ1) is 7.51. The fraction of sp³-hybridized carbons (Fsp3) is 0.636. The van der Waals surface area contributed by atoms with Gasteiger partial charge in [0.25, 0.3) is 5.91 Å². The van der Waals surface area contributed by atoms with Crippen LogP contribution in [0.15, 0.2) is 0 Å². The zero-order chi connectivity index (χ0) is 12.3. The van der Waals surface area contributed by atoms with Crippen molar-refractivity contribution in [3.63, 3.8) is 0 Å². The van der Waals surface area contributed by atoms with Gasteiger partial charge in [-0.2, -0.15) is 5.10 Å². The zero-order valence-electron chi connectivity index (χ0n) is 10.2. The van der Waals surface area contributed by atoms with Crippen molar-refractivity contribution in [3.8, 4) is 0 Å². The lowest BCUT2D eigenvalue weighted by atomic mass is 10.1. The van der Waals surface area contributed by atoms with Crippen LogP contribution >= 0.6 is 0 Å². The monoisotopic (exact) mass is 225 g/mol. The van der Waals surface area contributed by atoms with Gasteiger partial charge in [0, 0.05) is 12.7 Å². The summed E-state index contributed by atoms with van der Waals surface area (Å²) in [4.78, 5) is 12.0. The molecule has 0 aliphatic carbocycles. The maximum atomic E-state index is 12.0. The van der Waals surface area contributed by atoms with Gasteiger partial charge in [-0.3, -0.25) is 9.48 Å². The molecule has 0 fully saturated rings. The van der Waals surface area contributed by atoms with Gasteiger partial charge in [0.05, 0.1) is 23.9 Å². The van der Waals surface area contributed by atoms with E-state index in [1.807, 2.05) is 27.8 Å². The van der Waals surface area contributed by atoms with Crippen LogP contribution in [0, 0.1) is 13.8 Å². The van der Waals surface area contributed by atoms with E-state index in [1.165, 1.54) is 0 Å². The van der Waals surface area contributed by atoms with Crippen LogP contribution in [-0.2, 0) is 7.05 Å². The summed E-state index contributed by atoms with van der Waals surface area (Å²) in [6, 6.07) is -0.188. The first-order valence-electron chi connectivity index (χ1n) is 5.43. The molecule has 5 heteroatoms. The third-order valence-electron chi connectivity index (χ3n) is 2.78. The number of amides is 1. The summed E-state index contributed by atoms with van der Waals surface area (Å²) in [6.45, 7) is 5.54. The Labute approximate surface area is 95.5 Å². The molecule has 1 atom stereocenters. The SMILES string of the molecule is CCC(CO)NC(=O)c1c(C)nn(C)c1C. The third-order valence-corrected chi connectivity index (χ3v) is 2.78. The molecular weight excluding hydrogens is 206 g/mol. The number of hydrogen-bond donors (Lipinski definition) is 2. The van der Waals surface area contributed by atoms with E-state index < -0.39 is 0 Å². The van der Waals surface area contributed by atoms with Crippen molar-refractivity contribution < 1.29 is 9.90 Å². The summed E-state index contributed by atoms with van der Waals surface area (Å²) >= 11 is 0. The van der Waals surface area contributed by atoms with Crippen molar-refractivity contribution in [2.45, 2.75) is 33.2 Å². The molecule has 0 saturated carbocycles. The highest BCUT2D eigenvalue weighted by atomic mass is 16.3. The van der Waals surface area contributed by atoms with Crippen LogP contribution in [0.25, 0.3) is 0 Å². The number of aromatic nitrogens is 2. The molecule has 0 aliphatic rings. The van der Waals surface area contributed by atoms with Gasteiger partial charge in [-0.15, -0.1) is 0 Å². The lowest BCUT2D eigenvalue weighted by Gasteiger charge is -2.13. The molecule has 1 heterocycles. The highest BCUT2D eigenvalue weighted by Crippen LogP contribution is 2.11. The Bertz CT molecular complexity index is 381. The van der Waals surface area contributed by atoms with Gasteiger partial charge in [0.15, 0.2) is 0 Å². The van der Waals surface area contributed by atoms with E-state index in [0.29, 0.717) is 17.7 Å². The summed E-state index contributed by atoms with van der Waals surface area (Å²) in [6.07, 6.45) is 0.709. The Morgan fingerprint density at radius 3 is 2.56 bits per heavy atom. The maximum absolute atomic E-state index is 12.0. The Hall–Kier alpha value is -1.36. The first kappa shape index (κ1) is 12.7. The van der Waals surface area contributed by atoms with E-state index in [4.69, 9.17) is 5.11 Å². The lowest BCUT2D eigenvalue weighted by Crippen LogP contribution is -2.37. The fourth-order valence-corrected chi connectivity index (χ4v) is 1.64. The smallest absolute Gasteiger partial charge is 0.255 e. The standard InChI is InChI=1S/C11H19N3O2/c1-5-9(6-15)12-11(16)10-7(2)13-14(4)8(10)3/h9,15H,5-6H2,1-4H3,(H,12,16). The minimum atomic E-state index is -0.188. The minimum absolute atomic E-state index is 0.0411. The number of hydrogen-bond acceptors (Lipinski definition) is 3. The largest absolute Gasteiger partial charge is 0.394 e. The molecule has 0 spiro atoms. The maximum Gasteiger partial charge on any atom is 0.255 e. The van der Waals surface area contributed by atoms with Gasteiger partial charge in [-0.05, 0) is 20.3 Å².